The zero-order valence-electron chi connectivity index (χ0n) is 15.4. The molecule has 3 rings (SSSR count). The van der Waals surface area contributed by atoms with Gasteiger partial charge in [-0.1, -0.05) is 49.6 Å². The molecule has 1 aliphatic rings. The molecule has 1 aliphatic carbocycles. The highest BCUT2D eigenvalue weighted by Gasteiger charge is 2.24. The first-order valence-corrected chi connectivity index (χ1v) is 9.63. The first-order valence-electron chi connectivity index (χ1n) is 9.25. The van der Waals surface area contributed by atoms with Gasteiger partial charge >= 0.3 is 0 Å². The van der Waals surface area contributed by atoms with E-state index in [2.05, 4.69) is 17.3 Å². The minimum absolute atomic E-state index is 0.102. The van der Waals surface area contributed by atoms with Crippen LogP contribution >= 0.6 is 11.6 Å². The second-order valence-corrected chi connectivity index (χ2v) is 7.48. The molecule has 5 nitrogen and oxygen atoms in total. The third-order valence-electron chi connectivity index (χ3n) is 5.05. The predicted molar refractivity (Wildman–Crippen MR) is 106 cm³/mol. The van der Waals surface area contributed by atoms with Crippen LogP contribution in [0.2, 0.25) is 5.02 Å². The van der Waals surface area contributed by atoms with Crippen LogP contribution in [0.25, 0.3) is 6.08 Å². The number of aromatic nitrogens is 2. The summed E-state index contributed by atoms with van der Waals surface area (Å²) >= 11 is 6.18. The fourth-order valence-corrected chi connectivity index (χ4v) is 3.63. The highest BCUT2D eigenvalue weighted by atomic mass is 35.5. The lowest BCUT2D eigenvalue weighted by atomic mass is 9.86. The molecule has 0 saturated heterocycles. The number of carbonyl (C=O) groups excluding carboxylic acids is 1. The van der Waals surface area contributed by atoms with E-state index >= 15 is 0 Å². The normalized spacial score (nSPS) is 20.1. The average molecular weight is 383 g/mol. The first-order chi connectivity index (χ1) is 13.1. The van der Waals surface area contributed by atoms with Crippen molar-refractivity contribution in [2.24, 2.45) is 5.92 Å². The Bertz CT molecular complexity index is 880. The van der Waals surface area contributed by atoms with Crippen LogP contribution in [0.4, 0.5) is 0 Å². The van der Waals surface area contributed by atoms with E-state index in [9.17, 15) is 10.1 Å². The summed E-state index contributed by atoms with van der Waals surface area (Å²) in [5.74, 6) is 0.135. The van der Waals surface area contributed by atoms with Gasteiger partial charge in [0.05, 0.1) is 12.7 Å². The molecule has 1 amide bonds. The summed E-state index contributed by atoms with van der Waals surface area (Å²) in [7, 11) is 0. The van der Waals surface area contributed by atoms with Gasteiger partial charge in [0.25, 0.3) is 5.91 Å². The standard InChI is InChI=1S/C21H23ClN4O/c1-15-6-2-5-9-20(15)25-21(27)18(11-23)10-16-12-24-26(13-16)14-17-7-3-4-8-19(17)22/h3-4,7-8,10,12-13,15,20H,2,5-6,9,14H2,1H3,(H,25,27)/b18-10+. The summed E-state index contributed by atoms with van der Waals surface area (Å²) in [5.41, 5.74) is 1.78. The monoisotopic (exact) mass is 382 g/mol. The summed E-state index contributed by atoms with van der Waals surface area (Å²) in [4.78, 5) is 12.5. The quantitative estimate of drug-likeness (QED) is 0.622. The molecular formula is C21H23ClN4O. The molecule has 6 heteroatoms. The number of nitrogens with zero attached hydrogens (tertiary/aromatic N) is 3. The Morgan fingerprint density at radius 2 is 2.19 bits per heavy atom. The minimum Gasteiger partial charge on any atom is -0.348 e. The van der Waals surface area contributed by atoms with Gasteiger partial charge in [0, 0.05) is 22.8 Å². The van der Waals surface area contributed by atoms with Gasteiger partial charge < -0.3 is 5.32 Å². The Morgan fingerprint density at radius 3 is 2.93 bits per heavy atom. The Hall–Kier alpha value is -2.58. The van der Waals surface area contributed by atoms with Crippen molar-refractivity contribution < 1.29 is 4.79 Å². The predicted octanol–water partition coefficient (Wildman–Crippen LogP) is 4.19. The van der Waals surface area contributed by atoms with Crippen LogP contribution in [-0.2, 0) is 11.3 Å². The molecule has 27 heavy (non-hydrogen) atoms. The maximum absolute atomic E-state index is 12.5. The molecule has 0 spiro atoms. The van der Waals surface area contributed by atoms with Crippen molar-refractivity contribution >= 4 is 23.6 Å². The van der Waals surface area contributed by atoms with E-state index in [1.54, 1.807) is 23.2 Å². The van der Waals surface area contributed by atoms with E-state index in [4.69, 9.17) is 11.6 Å². The maximum atomic E-state index is 12.5. The van der Waals surface area contributed by atoms with Gasteiger partial charge in [-0.05, 0) is 36.5 Å². The van der Waals surface area contributed by atoms with Crippen LogP contribution in [0.5, 0.6) is 0 Å². The molecule has 0 bridgehead atoms. The highest BCUT2D eigenvalue weighted by Crippen LogP contribution is 2.24. The van der Waals surface area contributed by atoms with Crippen LogP contribution < -0.4 is 5.32 Å². The van der Waals surface area contributed by atoms with E-state index in [0.29, 0.717) is 23.0 Å². The van der Waals surface area contributed by atoms with E-state index in [0.717, 1.165) is 24.8 Å². The van der Waals surface area contributed by atoms with Crippen molar-refractivity contribution in [1.29, 1.82) is 5.26 Å². The number of nitrogens with one attached hydrogen (secondary N) is 1. The molecule has 1 heterocycles. The van der Waals surface area contributed by atoms with Crippen LogP contribution in [0, 0.1) is 17.2 Å². The highest BCUT2D eigenvalue weighted by molar-refractivity contribution is 6.31. The maximum Gasteiger partial charge on any atom is 0.262 e. The number of halogens is 1. The van der Waals surface area contributed by atoms with Crippen LogP contribution in [0.1, 0.15) is 43.7 Å². The lowest BCUT2D eigenvalue weighted by molar-refractivity contribution is -0.118. The van der Waals surface area contributed by atoms with Gasteiger partial charge in [0.1, 0.15) is 11.6 Å². The number of benzene rings is 1. The number of carbonyl (C=O) groups is 1. The SMILES string of the molecule is CC1CCCCC1NC(=O)/C(C#N)=C/c1cnn(Cc2ccccc2Cl)c1. The molecule has 2 aromatic rings. The summed E-state index contributed by atoms with van der Waals surface area (Å²) in [5, 5.41) is 17.4. The van der Waals surface area contributed by atoms with Crippen LogP contribution in [0.3, 0.4) is 0 Å². The van der Waals surface area contributed by atoms with Crippen LogP contribution in [-0.4, -0.2) is 21.7 Å². The second-order valence-electron chi connectivity index (χ2n) is 7.07. The van der Waals surface area contributed by atoms with Gasteiger partial charge in [0.2, 0.25) is 0 Å². The smallest absolute Gasteiger partial charge is 0.262 e. The van der Waals surface area contributed by atoms with Gasteiger partial charge in [-0.15, -0.1) is 0 Å². The molecule has 1 aromatic heterocycles. The number of hydrogen-bond donors (Lipinski definition) is 1. The number of rotatable bonds is 5. The molecule has 1 saturated carbocycles. The molecule has 140 valence electrons. The fourth-order valence-electron chi connectivity index (χ4n) is 3.43. The van der Waals surface area contributed by atoms with E-state index in [1.807, 2.05) is 30.3 Å². The topological polar surface area (TPSA) is 70.7 Å². The first kappa shape index (κ1) is 19.2. The summed E-state index contributed by atoms with van der Waals surface area (Å²) in [6.45, 7) is 2.68. The third kappa shape index (κ3) is 4.99. The molecule has 1 aromatic carbocycles. The number of hydrogen-bond acceptors (Lipinski definition) is 3. The molecule has 1 N–H and O–H groups in total. The van der Waals surface area contributed by atoms with Crippen LogP contribution in [0.15, 0.2) is 42.2 Å². The third-order valence-corrected chi connectivity index (χ3v) is 5.42. The fraction of sp³-hybridized carbons (Fsp3) is 0.381. The zero-order valence-corrected chi connectivity index (χ0v) is 16.1. The molecule has 2 atom stereocenters. The summed E-state index contributed by atoms with van der Waals surface area (Å²) < 4.78 is 1.74. The minimum atomic E-state index is -0.310. The van der Waals surface area contributed by atoms with E-state index < -0.39 is 0 Å². The van der Waals surface area contributed by atoms with E-state index in [-0.39, 0.29) is 17.5 Å². The van der Waals surface area contributed by atoms with Crippen molar-refractivity contribution in [2.75, 3.05) is 0 Å². The van der Waals surface area contributed by atoms with Gasteiger partial charge in [-0.2, -0.15) is 10.4 Å². The van der Waals surface area contributed by atoms with Crippen molar-refractivity contribution in [3.8, 4) is 6.07 Å². The summed E-state index contributed by atoms with van der Waals surface area (Å²) in [6, 6.07) is 9.75. The molecule has 2 unspecified atom stereocenters. The Labute approximate surface area is 164 Å². The van der Waals surface area contributed by atoms with Gasteiger partial charge in [0.15, 0.2) is 0 Å². The molecule has 0 radical (unpaired) electrons. The Kier molecular flexibility index (Phi) is 6.31. The second kappa shape index (κ2) is 8.88. The number of nitriles is 1. The lowest BCUT2D eigenvalue weighted by Crippen LogP contribution is -2.41. The van der Waals surface area contributed by atoms with Crippen molar-refractivity contribution in [2.45, 2.75) is 45.2 Å². The number of amides is 1. The van der Waals surface area contributed by atoms with Gasteiger partial charge in [-0.3, -0.25) is 9.48 Å². The average Bonchev–Trinajstić information content (AvgIpc) is 3.10. The Morgan fingerprint density at radius 1 is 1.41 bits per heavy atom. The molecular weight excluding hydrogens is 360 g/mol. The Balaban J connectivity index is 1.69. The largest absolute Gasteiger partial charge is 0.348 e. The van der Waals surface area contributed by atoms with Crippen molar-refractivity contribution in [3.63, 3.8) is 0 Å². The van der Waals surface area contributed by atoms with E-state index in [1.165, 1.54) is 6.42 Å². The molecule has 0 aliphatic heterocycles. The summed E-state index contributed by atoms with van der Waals surface area (Å²) in [6.07, 6.45) is 9.45. The lowest BCUT2D eigenvalue weighted by Gasteiger charge is -2.29. The van der Waals surface area contributed by atoms with Gasteiger partial charge in [-0.25, -0.2) is 0 Å². The zero-order chi connectivity index (χ0) is 19.2. The molecule has 1 fully saturated rings. The van der Waals surface area contributed by atoms with Crippen molar-refractivity contribution in [1.82, 2.24) is 15.1 Å². The van der Waals surface area contributed by atoms with Crippen molar-refractivity contribution in [3.05, 3.63) is 58.4 Å².